The second-order valence-electron chi connectivity index (χ2n) is 5.64. The first-order valence-corrected chi connectivity index (χ1v) is 8.28. The van der Waals surface area contributed by atoms with Crippen molar-refractivity contribution in [2.45, 2.75) is 39.8 Å². The molecular formula is C18H22N6. The second-order valence-corrected chi connectivity index (χ2v) is 5.64. The highest BCUT2D eigenvalue weighted by atomic mass is 15.2. The van der Waals surface area contributed by atoms with Crippen LogP contribution in [0.1, 0.15) is 36.4 Å². The van der Waals surface area contributed by atoms with Crippen molar-refractivity contribution >= 4 is 5.95 Å². The summed E-state index contributed by atoms with van der Waals surface area (Å²) in [6, 6.07) is 8.47. The molecular weight excluding hydrogens is 300 g/mol. The number of hydrogen-bond donors (Lipinski definition) is 1. The van der Waals surface area contributed by atoms with Crippen LogP contribution in [0.2, 0.25) is 0 Å². The third kappa shape index (κ3) is 3.95. The minimum atomic E-state index is 0.587. The first-order chi connectivity index (χ1) is 11.8. The molecule has 3 aromatic rings. The highest BCUT2D eigenvalue weighted by Gasteiger charge is 2.06. The fourth-order valence-corrected chi connectivity index (χ4v) is 2.62. The Morgan fingerprint density at radius 2 is 1.88 bits per heavy atom. The molecule has 0 amide bonds. The van der Waals surface area contributed by atoms with Gasteiger partial charge in [0.2, 0.25) is 5.95 Å². The number of imidazole rings is 1. The smallest absolute Gasteiger partial charge is 0.243 e. The molecule has 6 nitrogen and oxygen atoms in total. The Balaban J connectivity index is 1.66. The van der Waals surface area contributed by atoms with E-state index >= 15 is 0 Å². The molecule has 0 saturated carbocycles. The molecule has 6 heteroatoms. The van der Waals surface area contributed by atoms with Gasteiger partial charge in [-0.15, -0.1) is 5.10 Å². The number of rotatable bonds is 7. The summed E-state index contributed by atoms with van der Waals surface area (Å²) < 4.78 is 2.05. The minimum absolute atomic E-state index is 0.587. The molecule has 0 saturated heterocycles. The van der Waals surface area contributed by atoms with Gasteiger partial charge in [-0.2, -0.15) is 5.10 Å². The van der Waals surface area contributed by atoms with E-state index in [1.165, 1.54) is 11.1 Å². The zero-order valence-corrected chi connectivity index (χ0v) is 14.1. The Labute approximate surface area is 142 Å². The Kier molecular flexibility index (Phi) is 5.15. The molecule has 24 heavy (non-hydrogen) atoms. The van der Waals surface area contributed by atoms with E-state index in [2.05, 4.69) is 68.2 Å². The van der Waals surface area contributed by atoms with Crippen molar-refractivity contribution in [3.8, 4) is 0 Å². The van der Waals surface area contributed by atoms with E-state index in [-0.39, 0.29) is 0 Å². The first-order valence-electron chi connectivity index (χ1n) is 8.28. The van der Waals surface area contributed by atoms with Crippen molar-refractivity contribution in [1.82, 2.24) is 24.7 Å². The second kappa shape index (κ2) is 7.68. The summed E-state index contributed by atoms with van der Waals surface area (Å²) in [7, 11) is 0. The van der Waals surface area contributed by atoms with Gasteiger partial charge in [0.25, 0.3) is 0 Å². The molecule has 0 bridgehead atoms. The number of hydrogen-bond acceptors (Lipinski definition) is 5. The molecule has 1 aromatic carbocycles. The van der Waals surface area contributed by atoms with E-state index in [0.717, 1.165) is 30.8 Å². The number of benzene rings is 1. The van der Waals surface area contributed by atoms with Crippen molar-refractivity contribution in [2.75, 3.05) is 5.32 Å². The van der Waals surface area contributed by atoms with Gasteiger partial charge < -0.3 is 9.88 Å². The molecule has 0 atom stereocenters. The number of nitrogens with one attached hydrogen (secondary N) is 1. The van der Waals surface area contributed by atoms with E-state index in [4.69, 9.17) is 0 Å². The van der Waals surface area contributed by atoms with Crippen LogP contribution in [0.4, 0.5) is 5.95 Å². The monoisotopic (exact) mass is 322 g/mol. The van der Waals surface area contributed by atoms with Crippen LogP contribution >= 0.6 is 0 Å². The number of aryl methyl sites for hydroxylation is 2. The third-order valence-corrected chi connectivity index (χ3v) is 3.88. The molecule has 124 valence electrons. The molecule has 2 aromatic heterocycles. The third-order valence-electron chi connectivity index (χ3n) is 3.88. The molecule has 3 rings (SSSR count). The zero-order valence-electron chi connectivity index (χ0n) is 14.1. The average Bonchev–Trinajstić information content (AvgIpc) is 3.13. The van der Waals surface area contributed by atoms with Gasteiger partial charge >= 0.3 is 0 Å². The first kappa shape index (κ1) is 16.1. The molecule has 0 spiro atoms. The molecule has 0 radical (unpaired) electrons. The molecule has 0 aliphatic carbocycles. The van der Waals surface area contributed by atoms with Crippen LogP contribution in [-0.2, 0) is 25.9 Å². The van der Waals surface area contributed by atoms with Gasteiger partial charge in [0.1, 0.15) is 0 Å². The Hall–Kier alpha value is -2.76. The van der Waals surface area contributed by atoms with Crippen LogP contribution in [0.3, 0.4) is 0 Å². The van der Waals surface area contributed by atoms with E-state index in [1.54, 1.807) is 6.20 Å². The molecule has 1 N–H and O–H groups in total. The van der Waals surface area contributed by atoms with Gasteiger partial charge in [-0.25, -0.2) is 9.97 Å². The normalized spacial score (nSPS) is 10.8. The summed E-state index contributed by atoms with van der Waals surface area (Å²) >= 11 is 0. The number of anilines is 1. The fourth-order valence-electron chi connectivity index (χ4n) is 2.62. The van der Waals surface area contributed by atoms with Gasteiger partial charge in [0.15, 0.2) is 0 Å². The van der Waals surface area contributed by atoms with Gasteiger partial charge in [-0.05, 0) is 24.0 Å². The summed E-state index contributed by atoms with van der Waals surface area (Å²) in [5, 5.41) is 11.7. The zero-order chi connectivity index (χ0) is 16.8. The SMILES string of the molecule is CCc1nnc(NCc2cccc(Cn3ccnc3)c2)nc1CC. The van der Waals surface area contributed by atoms with Crippen molar-refractivity contribution in [3.05, 3.63) is 65.5 Å². The van der Waals surface area contributed by atoms with Crippen molar-refractivity contribution in [3.63, 3.8) is 0 Å². The highest BCUT2D eigenvalue weighted by Crippen LogP contribution is 2.11. The molecule has 0 fully saturated rings. The molecule has 0 unspecified atom stereocenters. The van der Waals surface area contributed by atoms with E-state index in [0.29, 0.717) is 12.5 Å². The number of aromatic nitrogens is 5. The minimum Gasteiger partial charge on any atom is -0.349 e. The van der Waals surface area contributed by atoms with Crippen LogP contribution in [0, 0.1) is 0 Å². The Bertz CT molecular complexity index is 782. The fraction of sp³-hybridized carbons (Fsp3) is 0.333. The van der Waals surface area contributed by atoms with Gasteiger partial charge in [0, 0.05) is 25.5 Å². The summed E-state index contributed by atoms with van der Waals surface area (Å²) in [4.78, 5) is 8.64. The predicted octanol–water partition coefficient (Wildman–Crippen LogP) is 2.85. The topological polar surface area (TPSA) is 68.5 Å². The van der Waals surface area contributed by atoms with Crippen LogP contribution in [0.15, 0.2) is 43.0 Å². The Morgan fingerprint density at radius 3 is 2.62 bits per heavy atom. The van der Waals surface area contributed by atoms with Crippen molar-refractivity contribution in [1.29, 1.82) is 0 Å². The lowest BCUT2D eigenvalue weighted by Crippen LogP contribution is -2.09. The maximum absolute atomic E-state index is 4.56. The average molecular weight is 322 g/mol. The van der Waals surface area contributed by atoms with Crippen molar-refractivity contribution < 1.29 is 0 Å². The predicted molar refractivity (Wildman–Crippen MR) is 93.7 cm³/mol. The lowest BCUT2D eigenvalue weighted by atomic mass is 10.1. The van der Waals surface area contributed by atoms with Crippen LogP contribution < -0.4 is 5.32 Å². The van der Waals surface area contributed by atoms with Gasteiger partial charge in [-0.1, -0.05) is 38.1 Å². The Morgan fingerprint density at radius 1 is 1.04 bits per heavy atom. The van der Waals surface area contributed by atoms with Crippen LogP contribution in [0.25, 0.3) is 0 Å². The van der Waals surface area contributed by atoms with Crippen molar-refractivity contribution in [2.24, 2.45) is 0 Å². The number of nitrogens with zero attached hydrogens (tertiary/aromatic N) is 5. The summed E-state index contributed by atoms with van der Waals surface area (Å²) in [6.07, 6.45) is 7.31. The van der Waals surface area contributed by atoms with Crippen LogP contribution in [0.5, 0.6) is 0 Å². The van der Waals surface area contributed by atoms with Gasteiger partial charge in [-0.3, -0.25) is 0 Å². The molecule has 2 heterocycles. The largest absolute Gasteiger partial charge is 0.349 e. The summed E-state index contributed by atoms with van der Waals surface area (Å²) in [5.41, 5.74) is 4.42. The highest BCUT2D eigenvalue weighted by molar-refractivity contribution is 5.30. The summed E-state index contributed by atoms with van der Waals surface area (Å²) in [5.74, 6) is 0.587. The maximum Gasteiger partial charge on any atom is 0.243 e. The van der Waals surface area contributed by atoms with E-state index in [1.807, 2.05) is 12.5 Å². The van der Waals surface area contributed by atoms with Crippen LogP contribution in [-0.4, -0.2) is 24.7 Å². The van der Waals surface area contributed by atoms with E-state index in [9.17, 15) is 0 Å². The quantitative estimate of drug-likeness (QED) is 0.724. The lowest BCUT2D eigenvalue weighted by molar-refractivity contribution is 0.795. The standard InChI is InChI=1S/C18H22N6/c1-3-16-17(4-2)22-23-18(21-16)20-11-14-6-5-7-15(10-14)12-24-9-8-19-13-24/h5-10,13H,3-4,11-12H2,1-2H3,(H,20,21,23). The maximum atomic E-state index is 4.56. The summed E-state index contributed by atoms with van der Waals surface area (Å²) in [6.45, 7) is 5.65. The van der Waals surface area contributed by atoms with E-state index < -0.39 is 0 Å². The molecule has 0 aliphatic rings. The molecule has 0 aliphatic heterocycles. The lowest BCUT2D eigenvalue weighted by Gasteiger charge is -2.09. The van der Waals surface area contributed by atoms with Gasteiger partial charge in [0.05, 0.1) is 17.7 Å².